The fourth-order valence-electron chi connectivity index (χ4n) is 2.01. The van der Waals surface area contributed by atoms with Crippen LogP contribution in [-0.4, -0.2) is 31.1 Å². The van der Waals surface area contributed by atoms with Crippen LogP contribution >= 0.6 is 0 Å². The second-order valence-electron chi connectivity index (χ2n) is 3.81. The molecule has 1 aliphatic rings. The smallest absolute Gasteiger partial charge is 0.0449 e. The molecule has 76 valence electrons. The van der Waals surface area contributed by atoms with E-state index in [9.17, 15) is 0 Å². The molecule has 0 amide bonds. The first-order chi connectivity index (χ1) is 6.90. The first kappa shape index (κ1) is 9.69. The van der Waals surface area contributed by atoms with E-state index in [1.807, 2.05) is 0 Å². The summed E-state index contributed by atoms with van der Waals surface area (Å²) in [5, 5.41) is 3.56. The third kappa shape index (κ3) is 2.14. The van der Waals surface area contributed by atoms with Crippen LogP contribution < -0.4 is 5.32 Å². The normalized spacial score (nSPS) is 23.6. The molecule has 1 atom stereocenters. The van der Waals surface area contributed by atoms with Gasteiger partial charge in [0.1, 0.15) is 0 Å². The maximum absolute atomic E-state index is 3.56. The van der Waals surface area contributed by atoms with E-state index in [1.54, 1.807) is 0 Å². The Balaban J connectivity index is 2.04. The van der Waals surface area contributed by atoms with Crippen LogP contribution in [0.25, 0.3) is 0 Å². The highest BCUT2D eigenvalue weighted by atomic mass is 15.2. The highest BCUT2D eigenvalue weighted by molar-refractivity contribution is 5.19. The van der Waals surface area contributed by atoms with Crippen molar-refractivity contribution in [2.75, 3.05) is 26.2 Å². The fraction of sp³-hybridized carbons (Fsp3) is 0.500. The minimum absolute atomic E-state index is 0.518. The summed E-state index contributed by atoms with van der Waals surface area (Å²) in [6, 6.07) is 11.2. The summed E-state index contributed by atoms with van der Waals surface area (Å²) in [4.78, 5) is 2.49. The van der Waals surface area contributed by atoms with Gasteiger partial charge >= 0.3 is 0 Å². The first-order valence-electron chi connectivity index (χ1n) is 5.41. The second-order valence-corrected chi connectivity index (χ2v) is 3.81. The summed E-state index contributed by atoms with van der Waals surface area (Å²) in [5.41, 5.74) is 1.41. The van der Waals surface area contributed by atoms with Crippen LogP contribution in [0.4, 0.5) is 0 Å². The summed E-state index contributed by atoms with van der Waals surface area (Å²) in [6.07, 6.45) is 0. The van der Waals surface area contributed by atoms with E-state index in [0.717, 1.165) is 19.6 Å². The van der Waals surface area contributed by atoms with Crippen LogP contribution in [0.3, 0.4) is 0 Å². The quantitative estimate of drug-likeness (QED) is 0.763. The summed E-state index contributed by atoms with van der Waals surface area (Å²) >= 11 is 0. The van der Waals surface area contributed by atoms with Crippen molar-refractivity contribution >= 4 is 0 Å². The summed E-state index contributed by atoms with van der Waals surface area (Å²) in [7, 11) is 0. The lowest BCUT2D eigenvalue weighted by Crippen LogP contribution is -2.45. The molecule has 0 saturated carbocycles. The molecule has 2 heteroatoms. The highest BCUT2D eigenvalue weighted by Crippen LogP contribution is 2.16. The van der Waals surface area contributed by atoms with Gasteiger partial charge in [0.2, 0.25) is 0 Å². The molecular weight excluding hydrogens is 172 g/mol. The van der Waals surface area contributed by atoms with Gasteiger partial charge in [0.25, 0.3) is 0 Å². The van der Waals surface area contributed by atoms with Crippen molar-refractivity contribution < 1.29 is 0 Å². The molecule has 0 aromatic heterocycles. The van der Waals surface area contributed by atoms with Crippen molar-refractivity contribution in [1.82, 2.24) is 10.2 Å². The van der Waals surface area contributed by atoms with Crippen LogP contribution in [0.2, 0.25) is 0 Å². The zero-order chi connectivity index (χ0) is 9.80. The van der Waals surface area contributed by atoms with Crippen molar-refractivity contribution in [3.8, 4) is 0 Å². The second kappa shape index (κ2) is 4.58. The largest absolute Gasteiger partial charge is 0.308 e. The number of nitrogens with one attached hydrogen (secondary N) is 1. The monoisotopic (exact) mass is 190 g/mol. The lowest BCUT2D eigenvalue weighted by atomic mass is 10.0. The SMILES string of the molecule is CCN1CCNC(c2ccccc2)C1. The Hall–Kier alpha value is -0.860. The Kier molecular flexibility index (Phi) is 3.17. The Morgan fingerprint density at radius 1 is 1.36 bits per heavy atom. The summed E-state index contributed by atoms with van der Waals surface area (Å²) < 4.78 is 0. The van der Waals surface area contributed by atoms with Crippen LogP contribution in [0.5, 0.6) is 0 Å². The molecule has 0 spiro atoms. The molecule has 1 fully saturated rings. The number of likely N-dealkylation sites (N-methyl/N-ethyl adjacent to an activating group) is 1. The maximum Gasteiger partial charge on any atom is 0.0449 e. The molecular formula is C12H18N2. The fourth-order valence-corrected chi connectivity index (χ4v) is 2.01. The van der Waals surface area contributed by atoms with Gasteiger partial charge in [-0.05, 0) is 12.1 Å². The van der Waals surface area contributed by atoms with Gasteiger partial charge in [0.15, 0.2) is 0 Å². The molecule has 1 saturated heterocycles. The zero-order valence-electron chi connectivity index (χ0n) is 8.74. The zero-order valence-corrected chi connectivity index (χ0v) is 8.74. The molecule has 1 unspecified atom stereocenters. The Labute approximate surface area is 85.9 Å². The molecule has 1 aromatic carbocycles. The minimum Gasteiger partial charge on any atom is -0.308 e. The molecule has 1 aromatic rings. The molecule has 0 aliphatic carbocycles. The van der Waals surface area contributed by atoms with Crippen LogP contribution in [0.15, 0.2) is 30.3 Å². The summed E-state index contributed by atoms with van der Waals surface area (Å²) in [6.45, 7) is 6.81. The average Bonchev–Trinajstić information content (AvgIpc) is 2.30. The minimum atomic E-state index is 0.518. The van der Waals surface area contributed by atoms with E-state index in [0.29, 0.717) is 6.04 Å². The van der Waals surface area contributed by atoms with Crippen molar-refractivity contribution in [3.63, 3.8) is 0 Å². The van der Waals surface area contributed by atoms with E-state index in [4.69, 9.17) is 0 Å². The van der Waals surface area contributed by atoms with Crippen molar-refractivity contribution in [2.24, 2.45) is 0 Å². The predicted molar refractivity (Wildman–Crippen MR) is 59.3 cm³/mol. The first-order valence-corrected chi connectivity index (χ1v) is 5.41. The number of hydrogen-bond donors (Lipinski definition) is 1. The lowest BCUT2D eigenvalue weighted by molar-refractivity contribution is 0.210. The highest BCUT2D eigenvalue weighted by Gasteiger charge is 2.18. The van der Waals surface area contributed by atoms with E-state index in [2.05, 4.69) is 47.5 Å². The number of hydrogen-bond acceptors (Lipinski definition) is 2. The molecule has 1 aliphatic heterocycles. The van der Waals surface area contributed by atoms with Crippen LogP contribution in [0.1, 0.15) is 18.5 Å². The Bertz CT molecular complexity index is 271. The lowest BCUT2D eigenvalue weighted by Gasteiger charge is -2.33. The molecule has 0 bridgehead atoms. The van der Waals surface area contributed by atoms with Crippen molar-refractivity contribution in [2.45, 2.75) is 13.0 Å². The van der Waals surface area contributed by atoms with Crippen molar-refractivity contribution in [1.29, 1.82) is 0 Å². The van der Waals surface area contributed by atoms with Gasteiger partial charge in [-0.3, -0.25) is 0 Å². The molecule has 1 N–H and O–H groups in total. The molecule has 1 heterocycles. The van der Waals surface area contributed by atoms with Gasteiger partial charge in [-0.1, -0.05) is 37.3 Å². The van der Waals surface area contributed by atoms with Gasteiger partial charge in [-0.2, -0.15) is 0 Å². The number of nitrogens with zero attached hydrogens (tertiary/aromatic N) is 1. The average molecular weight is 190 g/mol. The van der Waals surface area contributed by atoms with Crippen LogP contribution in [-0.2, 0) is 0 Å². The van der Waals surface area contributed by atoms with E-state index in [-0.39, 0.29) is 0 Å². The number of rotatable bonds is 2. The Morgan fingerprint density at radius 2 is 2.14 bits per heavy atom. The van der Waals surface area contributed by atoms with E-state index in [1.165, 1.54) is 12.1 Å². The summed E-state index contributed by atoms with van der Waals surface area (Å²) in [5.74, 6) is 0. The number of benzene rings is 1. The van der Waals surface area contributed by atoms with E-state index >= 15 is 0 Å². The topological polar surface area (TPSA) is 15.3 Å². The maximum atomic E-state index is 3.56. The van der Waals surface area contributed by atoms with Gasteiger partial charge in [0, 0.05) is 25.7 Å². The standard InChI is InChI=1S/C12H18N2/c1-2-14-9-8-13-12(10-14)11-6-4-3-5-7-11/h3-7,12-13H,2,8-10H2,1H3. The Morgan fingerprint density at radius 3 is 2.86 bits per heavy atom. The molecule has 2 rings (SSSR count). The van der Waals surface area contributed by atoms with Crippen LogP contribution in [0, 0.1) is 0 Å². The molecule has 14 heavy (non-hydrogen) atoms. The van der Waals surface area contributed by atoms with E-state index < -0.39 is 0 Å². The predicted octanol–water partition coefficient (Wildman–Crippen LogP) is 1.65. The third-order valence-corrected chi connectivity index (χ3v) is 2.91. The third-order valence-electron chi connectivity index (χ3n) is 2.91. The van der Waals surface area contributed by atoms with Gasteiger partial charge in [-0.25, -0.2) is 0 Å². The van der Waals surface area contributed by atoms with Crippen molar-refractivity contribution in [3.05, 3.63) is 35.9 Å². The van der Waals surface area contributed by atoms with Gasteiger partial charge in [0.05, 0.1) is 0 Å². The molecule has 2 nitrogen and oxygen atoms in total. The van der Waals surface area contributed by atoms with Gasteiger partial charge < -0.3 is 10.2 Å². The molecule has 0 radical (unpaired) electrons. The van der Waals surface area contributed by atoms with Gasteiger partial charge in [-0.15, -0.1) is 0 Å². The number of piperazine rings is 1.